The van der Waals surface area contributed by atoms with E-state index in [-0.39, 0.29) is 24.0 Å². The molecule has 1 saturated heterocycles. The van der Waals surface area contributed by atoms with Crippen LogP contribution in [0.3, 0.4) is 0 Å². The highest BCUT2D eigenvalue weighted by Gasteiger charge is 2.17. The van der Waals surface area contributed by atoms with Crippen LogP contribution in [0.25, 0.3) is 0 Å². The van der Waals surface area contributed by atoms with Gasteiger partial charge in [0.25, 0.3) is 0 Å². The number of benzene rings is 1. The molecule has 0 atom stereocenters. The van der Waals surface area contributed by atoms with Gasteiger partial charge in [-0.15, -0.1) is 24.0 Å². The average molecular weight is 488 g/mol. The highest BCUT2D eigenvalue weighted by Crippen LogP contribution is 2.20. The summed E-state index contributed by atoms with van der Waals surface area (Å²) in [5, 5.41) is 6.88. The first-order chi connectivity index (χ1) is 12.7. The van der Waals surface area contributed by atoms with Gasteiger partial charge in [-0.1, -0.05) is 24.6 Å². The van der Waals surface area contributed by atoms with Crippen molar-refractivity contribution in [2.75, 3.05) is 46.9 Å². The Balaban J connectivity index is 0.00000364. The second-order valence-corrected chi connectivity index (χ2v) is 7.16. The zero-order valence-corrected chi connectivity index (χ0v) is 19.7. The normalized spacial score (nSPS) is 15.9. The zero-order valence-electron chi connectivity index (χ0n) is 17.4. The van der Waals surface area contributed by atoms with Crippen molar-refractivity contribution in [1.29, 1.82) is 0 Å². The van der Waals surface area contributed by atoms with Crippen molar-refractivity contribution < 1.29 is 4.74 Å². The molecule has 5 nitrogen and oxygen atoms in total. The lowest BCUT2D eigenvalue weighted by atomic mass is 9.93. The highest BCUT2D eigenvalue weighted by molar-refractivity contribution is 14.0. The Kier molecular flexibility index (Phi) is 11.7. The van der Waals surface area contributed by atoms with Crippen molar-refractivity contribution in [2.45, 2.75) is 39.5 Å². The molecule has 1 heterocycles. The number of hydrogen-bond donors (Lipinski definition) is 2. The molecule has 154 valence electrons. The smallest absolute Gasteiger partial charge is 0.190 e. The van der Waals surface area contributed by atoms with E-state index >= 15 is 0 Å². The minimum atomic E-state index is 0. The number of halogens is 1. The van der Waals surface area contributed by atoms with E-state index < -0.39 is 0 Å². The van der Waals surface area contributed by atoms with Crippen LogP contribution in [0.15, 0.2) is 23.2 Å². The molecule has 1 aliphatic heterocycles. The Hall–Kier alpha value is -1.02. The van der Waals surface area contributed by atoms with E-state index in [4.69, 9.17) is 4.74 Å². The fraction of sp³-hybridized carbons (Fsp3) is 0.667. The van der Waals surface area contributed by atoms with Gasteiger partial charge in [-0.3, -0.25) is 4.99 Å². The standard InChI is InChI=1S/C21H36N4O.HI/c1-5-25-14-10-18(11-15-25)8-12-23-21(22-3)24-13-9-19-16-17(2)6-7-20(19)26-4;/h6-7,16,18H,5,8-15H2,1-4H3,(H2,22,23,24);1H. The summed E-state index contributed by atoms with van der Waals surface area (Å²) in [6, 6.07) is 6.32. The average Bonchev–Trinajstić information content (AvgIpc) is 2.67. The van der Waals surface area contributed by atoms with Crippen molar-refractivity contribution in [2.24, 2.45) is 10.9 Å². The van der Waals surface area contributed by atoms with E-state index in [0.717, 1.165) is 37.1 Å². The molecule has 0 aromatic heterocycles. The van der Waals surface area contributed by atoms with E-state index in [9.17, 15) is 0 Å². The monoisotopic (exact) mass is 488 g/mol. The Bertz CT molecular complexity index is 571. The highest BCUT2D eigenvalue weighted by atomic mass is 127. The number of aliphatic imine (C=N–C) groups is 1. The SMILES string of the molecule is CCN1CCC(CCNC(=NC)NCCc2cc(C)ccc2OC)CC1.I. The zero-order chi connectivity index (χ0) is 18.8. The quantitative estimate of drug-likeness (QED) is 0.335. The van der Waals surface area contributed by atoms with Crippen LogP contribution in [0.1, 0.15) is 37.3 Å². The van der Waals surface area contributed by atoms with Gasteiger partial charge in [0.1, 0.15) is 5.75 Å². The molecule has 0 unspecified atom stereocenters. The number of likely N-dealkylation sites (tertiary alicyclic amines) is 1. The number of hydrogen-bond acceptors (Lipinski definition) is 3. The number of ether oxygens (including phenoxy) is 1. The molecule has 1 fully saturated rings. The third kappa shape index (κ3) is 8.25. The van der Waals surface area contributed by atoms with E-state index in [2.05, 4.69) is 46.5 Å². The molecule has 2 rings (SSSR count). The van der Waals surface area contributed by atoms with Crippen LogP contribution in [0.4, 0.5) is 0 Å². The molecule has 0 bridgehead atoms. The number of piperidine rings is 1. The first kappa shape index (κ1) is 24.0. The van der Waals surface area contributed by atoms with Gasteiger partial charge < -0.3 is 20.3 Å². The van der Waals surface area contributed by atoms with E-state index in [1.807, 2.05) is 13.1 Å². The largest absolute Gasteiger partial charge is 0.496 e. The Morgan fingerprint density at radius 1 is 1.22 bits per heavy atom. The fourth-order valence-electron chi connectivity index (χ4n) is 3.62. The third-order valence-electron chi connectivity index (χ3n) is 5.35. The van der Waals surface area contributed by atoms with Gasteiger partial charge >= 0.3 is 0 Å². The fourth-order valence-corrected chi connectivity index (χ4v) is 3.62. The summed E-state index contributed by atoms with van der Waals surface area (Å²) in [5.41, 5.74) is 2.50. The number of nitrogens with zero attached hydrogens (tertiary/aromatic N) is 2. The summed E-state index contributed by atoms with van der Waals surface area (Å²) in [6.07, 6.45) is 4.80. The molecule has 0 saturated carbocycles. The molecule has 1 aliphatic rings. The molecule has 6 heteroatoms. The molecule has 0 amide bonds. The van der Waals surface area contributed by atoms with Gasteiger partial charge in [-0.25, -0.2) is 0 Å². The topological polar surface area (TPSA) is 48.9 Å². The van der Waals surface area contributed by atoms with Gasteiger partial charge in [-0.05, 0) is 69.8 Å². The maximum atomic E-state index is 5.45. The maximum absolute atomic E-state index is 5.45. The molecule has 0 aliphatic carbocycles. The number of methoxy groups -OCH3 is 1. The number of aryl methyl sites for hydroxylation is 1. The number of guanidine groups is 1. The van der Waals surface area contributed by atoms with Gasteiger partial charge in [0.2, 0.25) is 0 Å². The Morgan fingerprint density at radius 3 is 2.56 bits per heavy atom. The summed E-state index contributed by atoms with van der Waals surface area (Å²) >= 11 is 0. The van der Waals surface area contributed by atoms with Crippen LogP contribution < -0.4 is 15.4 Å². The first-order valence-corrected chi connectivity index (χ1v) is 9.96. The van der Waals surface area contributed by atoms with Crippen molar-refractivity contribution in [3.05, 3.63) is 29.3 Å². The van der Waals surface area contributed by atoms with Crippen LogP contribution in [-0.2, 0) is 6.42 Å². The van der Waals surface area contributed by atoms with Gasteiger partial charge in [0, 0.05) is 20.1 Å². The third-order valence-corrected chi connectivity index (χ3v) is 5.35. The second-order valence-electron chi connectivity index (χ2n) is 7.16. The molecule has 1 aromatic rings. The molecule has 0 spiro atoms. The number of nitrogens with one attached hydrogen (secondary N) is 2. The molecule has 2 N–H and O–H groups in total. The van der Waals surface area contributed by atoms with E-state index in [1.54, 1.807) is 7.11 Å². The molecule has 1 aromatic carbocycles. The van der Waals surface area contributed by atoms with Crippen LogP contribution in [0.2, 0.25) is 0 Å². The van der Waals surface area contributed by atoms with E-state index in [0.29, 0.717) is 0 Å². The van der Waals surface area contributed by atoms with Crippen LogP contribution >= 0.6 is 24.0 Å². The summed E-state index contributed by atoms with van der Waals surface area (Å²) in [6.45, 7) is 9.90. The minimum absolute atomic E-state index is 0. The minimum Gasteiger partial charge on any atom is -0.496 e. The Labute approximate surface area is 182 Å². The molecule has 0 radical (unpaired) electrons. The van der Waals surface area contributed by atoms with Crippen molar-refractivity contribution >= 4 is 29.9 Å². The first-order valence-electron chi connectivity index (χ1n) is 9.96. The van der Waals surface area contributed by atoms with Gasteiger partial charge in [-0.2, -0.15) is 0 Å². The maximum Gasteiger partial charge on any atom is 0.190 e. The summed E-state index contributed by atoms with van der Waals surface area (Å²) in [4.78, 5) is 6.89. The van der Waals surface area contributed by atoms with Crippen molar-refractivity contribution in [1.82, 2.24) is 15.5 Å². The van der Waals surface area contributed by atoms with Gasteiger partial charge in [0.15, 0.2) is 5.96 Å². The van der Waals surface area contributed by atoms with Crippen molar-refractivity contribution in [3.63, 3.8) is 0 Å². The second kappa shape index (κ2) is 13.2. The van der Waals surface area contributed by atoms with Crippen LogP contribution in [0.5, 0.6) is 5.75 Å². The predicted molar refractivity (Wildman–Crippen MR) is 126 cm³/mol. The lowest BCUT2D eigenvalue weighted by molar-refractivity contribution is 0.187. The molecular formula is C21H37IN4O. The lowest BCUT2D eigenvalue weighted by Crippen LogP contribution is -2.40. The summed E-state index contributed by atoms with van der Waals surface area (Å²) in [5.74, 6) is 2.70. The van der Waals surface area contributed by atoms with Crippen molar-refractivity contribution in [3.8, 4) is 5.75 Å². The molecule has 27 heavy (non-hydrogen) atoms. The van der Waals surface area contributed by atoms with Crippen LogP contribution in [-0.4, -0.2) is 57.7 Å². The summed E-state index contributed by atoms with van der Waals surface area (Å²) < 4.78 is 5.45. The van der Waals surface area contributed by atoms with Gasteiger partial charge in [0.05, 0.1) is 7.11 Å². The number of rotatable bonds is 8. The molecular weight excluding hydrogens is 451 g/mol. The lowest BCUT2D eigenvalue weighted by Gasteiger charge is -2.31. The predicted octanol–water partition coefficient (Wildman–Crippen LogP) is 3.45. The van der Waals surface area contributed by atoms with E-state index in [1.165, 1.54) is 50.0 Å². The summed E-state index contributed by atoms with van der Waals surface area (Å²) in [7, 11) is 3.56. The van der Waals surface area contributed by atoms with Crippen LogP contribution in [0, 0.1) is 12.8 Å². The Morgan fingerprint density at radius 2 is 1.93 bits per heavy atom.